The molecule has 6 atom stereocenters. The van der Waals surface area contributed by atoms with Crippen LogP contribution < -0.4 is 0 Å². The van der Waals surface area contributed by atoms with Crippen molar-refractivity contribution in [2.75, 3.05) is 19.8 Å². The van der Waals surface area contributed by atoms with Gasteiger partial charge in [-0.15, -0.1) is 0 Å². The lowest BCUT2D eigenvalue weighted by molar-refractivity contribution is -0.305. The van der Waals surface area contributed by atoms with Crippen LogP contribution in [0.15, 0.2) is 48.6 Å². The minimum Gasteiger partial charge on any atom is -0.462 e. The molecule has 1 fully saturated rings. The zero-order valence-electron chi connectivity index (χ0n) is 34.4. The van der Waals surface area contributed by atoms with E-state index in [-0.39, 0.29) is 26.1 Å². The number of allylic oxidation sites excluding steroid dienone is 8. The van der Waals surface area contributed by atoms with Crippen molar-refractivity contribution in [3.8, 4) is 0 Å². The van der Waals surface area contributed by atoms with Crippen LogP contribution in [0.5, 0.6) is 0 Å². The van der Waals surface area contributed by atoms with Gasteiger partial charge in [-0.3, -0.25) is 9.59 Å². The van der Waals surface area contributed by atoms with Gasteiger partial charge in [0.05, 0.1) is 13.2 Å². The predicted molar refractivity (Wildman–Crippen MR) is 219 cm³/mol. The van der Waals surface area contributed by atoms with Crippen LogP contribution in [0.3, 0.4) is 0 Å². The van der Waals surface area contributed by atoms with Crippen molar-refractivity contribution < 1.29 is 49.0 Å². The molecule has 0 aromatic heterocycles. The second-order valence-corrected chi connectivity index (χ2v) is 14.8. The molecule has 0 saturated carbocycles. The fourth-order valence-electron chi connectivity index (χ4n) is 6.19. The molecule has 0 aromatic rings. The maximum Gasteiger partial charge on any atom is 0.306 e. The van der Waals surface area contributed by atoms with Crippen LogP contribution in [0.25, 0.3) is 0 Å². The zero-order valence-corrected chi connectivity index (χ0v) is 34.4. The summed E-state index contributed by atoms with van der Waals surface area (Å²) in [6, 6.07) is 0. The topological polar surface area (TPSA) is 152 Å². The van der Waals surface area contributed by atoms with E-state index in [1.54, 1.807) is 0 Å². The summed E-state index contributed by atoms with van der Waals surface area (Å²) in [5.74, 6) is -0.842. The Labute approximate surface area is 333 Å². The molecule has 10 heteroatoms. The van der Waals surface area contributed by atoms with Crippen LogP contribution in [0.4, 0.5) is 0 Å². The third kappa shape index (κ3) is 27.8. The minimum atomic E-state index is -1.60. The van der Waals surface area contributed by atoms with E-state index in [1.165, 1.54) is 44.9 Å². The van der Waals surface area contributed by atoms with Gasteiger partial charge >= 0.3 is 11.9 Å². The van der Waals surface area contributed by atoms with Gasteiger partial charge in [0.2, 0.25) is 0 Å². The average molecular weight is 779 g/mol. The van der Waals surface area contributed by atoms with E-state index < -0.39 is 55.4 Å². The van der Waals surface area contributed by atoms with Gasteiger partial charge in [0, 0.05) is 12.8 Å². The standard InChI is InChI=1S/C45H78O10/c1-3-5-7-9-11-13-15-17-19-21-23-25-27-29-31-33-40(47)52-36-38(37-53-45-44(51)43(50)42(49)39(35-46)55-45)54-41(48)34-32-30-28-26-24-22-20-18-16-14-12-10-8-6-4-2/h11-14,17-20,38-39,42-46,49-51H,3-10,15-16,21-37H2,1-2H3/b13-11+,14-12+,19-17+,20-18+/t38?,39-,42-,43+,44-,45-/m1/s1. The Morgan fingerprint density at radius 3 is 1.51 bits per heavy atom. The van der Waals surface area contributed by atoms with Crippen LogP contribution in [0.1, 0.15) is 168 Å². The molecule has 1 aliphatic rings. The maximum absolute atomic E-state index is 12.7. The zero-order chi connectivity index (χ0) is 40.2. The molecular weight excluding hydrogens is 700 g/mol. The van der Waals surface area contributed by atoms with Crippen molar-refractivity contribution in [3.63, 3.8) is 0 Å². The molecule has 1 saturated heterocycles. The van der Waals surface area contributed by atoms with E-state index in [0.717, 1.165) is 83.5 Å². The van der Waals surface area contributed by atoms with Crippen molar-refractivity contribution >= 4 is 11.9 Å². The first-order valence-electron chi connectivity index (χ1n) is 21.7. The molecule has 0 spiro atoms. The van der Waals surface area contributed by atoms with Crippen LogP contribution in [0.2, 0.25) is 0 Å². The molecular formula is C45H78O10. The van der Waals surface area contributed by atoms with Crippen molar-refractivity contribution in [1.29, 1.82) is 0 Å². The van der Waals surface area contributed by atoms with E-state index in [1.807, 2.05) is 0 Å². The number of unbranched alkanes of at least 4 members (excludes halogenated alkanes) is 16. The Morgan fingerprint density at radius 1 is 0.564 bits per heavy atom. The first-order valence-corrected chi connectivity index (χ1v) is 21.7. The predicted octanol–water partition coefficient (Wildman–Crippen LogP) is 8.88. The number of carbonyl (C=O) groups excluding carboxylic acids is 2. The summed E-state index contributed by atoms with van der Waals surface area (Å²) >= 11 is 0. The highest BCUT2D eigenvalue weighted by Gasteiger charge is 2.44. The Morgan fingerprint density at radius 2 is 1.02 bits per heavy atom. The Bertz CT molecular complexity index is 1040. The highest BCUT2D eigenvalue weighted by atomic mass is 16.7. The number of carbonyl (C=O) groups is 2. The molecule has 0 aromatic carbocycles. The molecule has 0 aliphatic carbocycles. The second kappa shape index (κ2) is 36.0. The summed E-state index contributed by atoms with van der Waals surface area (Å²) < 4.78 is 22.1. The molecule has 318 valence electrons. The van der Waals surface area contributed by atoms with Gasteiger partial charge in [0.1, 0.15) is 31.0 Å². The van der Waals surface area contributed by atoms with Gasteiger partial charge in [-0.2, -0.15) is 0 Å². The normalized spacial score (nSPS) is 21.0. The molecule has 1 aliphatic heterocycles. The summed E-state index contributed by atoms with van der Waals surface area (Å²) in [5.41, 5.74) is 0. The molecule has 0 radical (unpaired) electrons. The summed E-state index contributed by atoms with van der Waals surface area (Å²) in [6.45, 7) is 3.33. The number of hydrogen-bond donors (Lipinski definition) is 4. The SMILES string of the molecule is CCCCC/C=C/C/C=C/CCCCCCCC(=O)OCC(CO[C@@H]1O[C@H](CO)[C@@H](O)[C@H](O)[C@H]1O)OC(=O)CCCCCCC/C=C/C/C=C/CCCCC. The van der Waals surface area contributed by atoms with Gasteiger partial charge in [0.15, 0.2) is 12.4 Å². The van der Waals surface area contributed by atoms with Gasteiger partial charge in [0.25, 0.3) is 0 Å². The monoisotopic (exact) mass is 779 g/mol. The second-order valence-electron chi connectivity index (χ2n) is 14.8. The lowest BCUT2D eigenvalue weighted by Crippen LogP contribution is -2.59. The lowest BCUT2D eigenvalue weighted by atomic mass is 9.99. The first-order chi connectivity index (χ1) is 26.8. The molecule has 0 bridgehead atoms. The molecule has 1 rings (SSSR count). The first kappa shape index (κ1) is 50.7. The Kier molecular flexibility index (Phi) is 33.2. The quantitative estimate of drug-likeness (QED) is 0.0279. The van der Waals surface area contributed by atoms with E-state index in [0.29, 0.717) is 12.8 Å². The number of hydrogen-bond acceptors (Lipinski definition) is 10. The van der Waals surface area contributed by atoms with E-state index in [9.17, 15) is 30.0 Å². The number of esters is 2. The summed E-state index contributed by atoms with van der Waals surface area (Å²) in [7, 11) is 0. The van der Waals surface area contributed by atoms with Crippen LogP contribution in [-0.4, -0.2) is 89.0 Å². The Balaban J connectivity index is 2.38. The maximum atomic E-state index is 12.7. The van der Waals surface area contributed by atoms with Crippen LogP contribution >= 0.6 is 0 Å². The molecule has 0 amide bonds. The van der Waals surface area contributed by atoms with Crippen LogP contribution in [0, 0.1) is 0 Å². The third-order valence-electron chi connectivity index (χ3n) is 9.69. The fourth-order valence-corrected chi connectivity index (χ4v) is 6.19. The molecule has 1 unspecified atom stereocenters. The molecule has 4 N–H and O–H groups in total. The third-order valence-corrected chi connectivity index (χ3v) is 9.69. The Hall–Kier alpha value is -2.34. The summed E-state index contributed by atoms with van der Waals surface area (Å²) in [6.07, 6.45) is 33.9. The largest absolute Gasteiger partial charge is 0.462 e. The van der Waals surface area contributed by atoms with Gasteiger partial charge in [-0.1, -0.05) is 127 Å². The molecule has 1 heterocycles. The highest BCUT2D eigenvalue weighted by molar-refractivity contribution is 5.70. The number of rotatable bonds is 35. The number of aliphatic hydroxyl groups is 4. The summed E-state index contributed by atoms with van der Waals surface area (Å²) in [5, 5.41) is 40.0. The average Bonchev–Trinajstić information content (AvgIpc) is 3.18. The van der Waals surface area contributed by atoms with Crippen molar-refractivity contribution in [2.24, 2.45) is 0 Å². The van der Waals surface area contributed by atoms with Crippen LogP contribution in [-0.2, 0) is 28.5 Å². The van der Waals surface area contributed by atoms with E-state index in [4.69, 9.17) is 18.9 Å². The smallest absolute Gasteiger partial charge is 0.306 e. The van der Waals surface area contributed by atoms with Crippen molar-refractivity contribution in [1.82, 2.24) is 0 Å². The van der Waals surface area contributed by atoms with Gasteiger partial charge in [-0.05, 0) is 77.0 Å². The van der Waals surface area contributed by atoms with Gasteiger partial charge < -0.3 is 39.4 Å². The lowest BCUT2D eigenvalue weighted by Gasteiger charge is -2.39. The van der Waals surface area contributed by atoms with E-state index >= 15 is 0 Å². The van der Waals surface area contributed by atoms with Crippen molar-refractivity contribution in [3.05, 3.63) is 48.6 Å². The summed E-state index contributed by atoms with van der Waals surface area (Å²) in [4.78, 5) is 25.3. The van der Waals surface area contributed by atoms with Crippen molar-refractivity contribution in [2.45, 2.75) is 205 Å². The minimum absolute atomic E-state index is 0.209. The number of aliphatic hydroxyl groups excluding tert-OH is 4. The van der Waals surface area contributed by atoms with E-state index in [2.05, 4.69) is 62.5 Å². The van der Waals surface area contributed by atoms with Gasteiger partial charge in [-0.25, -0.2) is 0 Å². The highest BCUT2D eigenvalue weighted by Crippen LogP contribution is 2.22. The molecule has 10 nitrogen and oxygen atoms in total. The number of ether oxygens (including phenoxy) is 4. The fraction of sp³-hybridized carbons (Fsp3) is 0.778. The molecule has 55 heavy (non-hydrogen) atoms.